The number of carbonyl (C=O) groups is 1. The molecule has 0 aliphatic carbocycles. The molecule has 0 aliphatic rings. The fraction of sp³-hybridized carbons (Fsp3) is 0.250. The van der Waals surface area contributed by atoms with Gasteiger partial charge in [-0.3, -0.25) is 4.79 Å². The van der Waals surface area contributed by atoms with Gasteiger partial charge in [0.1, 0.15) is 0 Å². The Bertz CT molecular complexity index is 665. The van der Waals surface area contributed by atoms with Gasteiger partial charge in [-0.05, 0) is 30.7 Å². The molecule has 22 heavy (non-hydrogen) atoms. The first-order chi connectivity index (χ1) is 10.8. The van der Waals surface area contributed by atoms with Crippen LogP contribution in [0.25, 0.3) is 0 Å². The Labute approximate surface area is 132 Å². The number of benzene rings is 2. The highest BCUT2D eigenvalue weighted by molar-refractivity contribution is 6.05. The molecule has 0 saturated carbocycles. The molecule has 0 aromatic heterocycles. The molecule has 2 aromatic rings. The van der Waals surface area contributed by atoms with Crippen LogP contribution in [0.3, 0.4) is 0 Å². The van der Waals surface area contributed by atoms with Crippen LogP contribution in [0.4, 0.5) is 5.69 Å². The van der Waals surface area contributed by atoms with E-state index < -0.39 is 0 Å². The monoisotopic (exact) mass is 291 g/mol. The van der Waals surface area contributed by atoms with Gasteiger partial charge in [-0.15, -0.1) is 0 Å². The molecule has 2 nitrogen and oxygen atoms in total. The number of amides is 1. The number of nitrogens with one attached hydrogen (secondary N) is 1. The number of carbonyl (C=O) groups excluding carboxylic acids is 1. The van der Waals surface area contributed by atoms with Crippen molar-refractivity contribution in [3.8, 4) is 11.8 Å². The van der Waals surface area contributed by atoms with Crippen LogP contribution in [0.15, 0.2) is 54.6 Å². The van der Waals surface area contributed by atoms with E-state index in [2.05, 4.69) is 24.1 Å². The predicted octanol–water partition coefficient (Wildman–Crippen LogP) is 4.87. The fourth-order valence-corrected chi connectivity index (χ4v) is 2.13. The molecule has 0 atom stereocenters. The maximum absolute atomic E-state index is 12.4. The highest BCUT2D eigenvalue weighted by Crippen LogP contribution is 2.12. The maximum atomic E-state index is 12.4. The third-order valence-electron chi connectivity index (χ3n) is 3.33. The molecule has 0 bridgehead atoms. The van der Waals surface area contributed by atoms with E-state index in [1.807, 2.05) is 54.6 Å². The van der Waals surface area contributed by atoms with Crippen LogP contribution in [-0.2, 0) is 0 Å². The Morgan fingerprint density at radius 1 is 1.00 bits per heavy atom. The average molecular weight is 291 g/mol. The highest BCUT2D eigenvalue weighted by atomic mass is 16.1. The lowest BCUT2D eigenvalue weighted by Gasteiger charge is -2.06. The van der Waals surface area contributed by atoms with Crippen LogP contribution in [0.5, 0.6) is 0 Å². The lowest BCUT2D eigenvalue weighted by Crippen LogP contribution is -2.13. The second-order valence-electron chi connectivity index (χ2n) is 5.12. The Kier molecular flexibility index (Phi) is 6.26. The summed E-state index contributed by atoms with van der Waals surface area (Å²) < 4.78 is 0. The van der Waals surface area contributed by atoms with E-state index in [0.29, 0.717) is 5.56 Å². The van der Waals surface area contributed by atoms with Gasteiger partial charge in [0.05, 0.1) is 5.56 Å². The lowest BCUT2D eigenvalue weighted by molar-refractivity contribution is 0.102. The fourth-order valence-electron chi connectivity index (χ4n) is 2.13. The lowest BCUT2D eigenvalue weighted by atomic mass is 10.1. The van der Waals surface area contributed by atoms with Gasteiger partial charge < -0.3 is 5.32 Å². The summed E-state index contributed by atoms with van der Waals surface area (Å²) in [4.78, 5) is 12.4. The van der Waals surface area contributed by atoms with Crippen LogP contribution in [0.2, 0.25) is 0 Å². The topological polar surface area (TPSA) is 29.1 Å². The third-order valence-corrected chi connectivity index (χ3v) is 3.33. The van der Waals surface area contributed by atoms with Gasteiger partial charge in [0.15, 0.2) is 0 Å². The molecule has 0 fully saturated rings. The first-order valence-electron chi connectivity index (χ1n) is 7.75. The number of para-hydroxylation sites is 1. The van der Waals surface area contributed by atoms with Gasteiger partial charge >= 0.3 is 0 Å². The van der Waals surface area contributed by atoms with Crippen LogP contribution >= 0.6 is 0 Å². The van der Waals surface area contributed by atoms with Crippen molar-refractivity contribution in [1.82, 2.24) is 0 Å². The van der Waals surface area contributed by atoms with E-state index in [1.165, 1.54) is 12.8 Å². The van der Waals surface area contributed by atoms with Crippen LogP contribution in [-0.4, -0.2) is 5.91 Å². The zero-order chi connectivity index (χ0) is 15.6. The zero-order valence-electron chi connectivity index (χ0n) is 12.9. The van der Waals surface area contributed by atoms with Gasteiger partial charge in [0.2, 0.25) is 0 Å². The van der Waals surface area contributed by atoms with E-state index >= 15 is 0 Å². The largest absolute Gasteiger partial charge is 0.322 e. The zero-order valence-corrected chi connectivity index (χ0v) is 12.9. The Morgan fingerprint density at radius 2 is 1.73 bits per heavy atom. The Hall–Kier alpha value is -2.53. The molecule has 0 spiro atoms. The van der Waals surface area contributed by atoms with Crippen molar-refractivity contribution in [3.63, 3.8) is 0 Å². The predicted molar refractivity (Wildman–Crippen MR) is 91.9 cm³/mol. The molecular formula is C20H21NO. The molecule has 1 amide bonds. The summed E-state index contributed by atoms with van der Waals surface area (Å²) in [5, 5.41) is 2.90. The summed E-state index contributed by atoms with van der Waals surface area (Å²) in [7, 11) is 0. The smallest absolute Gasteiger partial charge is 0.256 e. The van der Waals surface area contributed by atoms with Crippen LogP contribution in [0.1, 0.15) is 48.5 Å². The number of anilines is 1. The summed E-state index contributed by atoms with van der Waals surface area (Å²) >= 11 is 0. The Balaban J connectivity index is 2.09. The van der Waals surface area contributed by atoms with Crippen molar-refractivity contribution in [2.24, 2.45) is 0 Å². The summed E-state index contributed by atoms with van der Waals surface area (Å²) in [6, 6.07) is 16.9. The van der Waals surface area contributed by atoms with Gasteiger partial charge in [0, 0.05) is 17.7 Å². The number of hydrogen-bond donors (Lipinski definition) is 1. The van der Waals surface area contributed by atoms with Crippen LogP contribution < -0.4 is 5.32 Å². The average Bonchev–Trinajstić information content (AvgIpc) is 2.56. The first-order valence-corrected chi connectivity index (χ1v) is 7.75. The van der Waals surface area contributed by atoms with E-state index in [9.17, 15) is 4.79 Å². The van der Waals surface area contributed by atoms with E-state index in [0.717, 1.165) is 24.1 Å². The molecular weight excluding hydrogens is 270 g/mol. The summed E-state index contributed by atoms with van der Waals surface area (Å²) in [6.07, 6.45) is 4.38. The van der Waals surface area contributed by atoms with Crippen molar-refractivity contribution in [2.75, 3.05) is 5.32 Å². The minimum absolute atomic E-state index is 0.121. The molecule has 0 saturated heterocycles. The van der Waals surface area contributed by atoms with E-state index in [4.69, 9.17) is 0 Å². The minimum atomic E-state index is -0.121. The van der Waals surface area contributed by atoms with Crippen molar-refractivity contribution in [3.05, 3.63) is 65.7 Å². The molecule has 112 valence electrons. The molecule has 2 heteroatoms. The third kappa shape index (κ3) is 4.79. The number of hydrogen-bond acceptors (Lipinski definition) is 1. The standard InChI is InChI=1S/C20H21NO/c1-2-3-4-5-7-12-17-13-10-11-16-19(17)20(22)21-18-14-8-6-9-15-18/h6,8-11,13-16H,2-5H2,1H3,(H,21,22). The second kappa shape index (κ2) is 8.69. The van der Waals surface area contributed by atoms with Gasteiger partial charge in [-0.2, -0.15) is 0 Å². The summed E-state index contributed by atoms with van der Waals surface area (Å²) in [5.74, 6) is 6.17. The summed E-state index contributed by atoms with van der Waals surface area (Å²) in [6.45, 7) is 2.18. The highest BCUT2D eigenvalue weighted by Gasteiger charge is 2.09. The van der Waals surface area contributed by atoms with Gasteiger partial charge in [0.25, 0.3) is 5.91 Å². The molecule has 0 aliphatic heterocycles. The molecule has 0 heterocycles. The maximum Gasteiger partial charge on any atom is 0.256 e. The Morgan fingerprint density at radius 3 is 2.50 bits per heavy atom. The SMILES string of the molecule is CCCCCC#Cc1ccccc1C(=O)Nc1ccccc1. The quantitative estimate of drug-likeness (QED) is 0.618. The second-order valence-corrected chi connectivity index (χ2v) is 5.12. The first kappa shape index (κ1) is 15.9. The van der Waals surface area contributed by atoms with Crippen molar-refractivity contribution in [2.45, 2.75) is 32.6 Å². The van der Waals surface area contributed by atoms with Crippen molar-refractivity contribution in [1.29, 1.82) is 0 Å². The van der Waals surface area contributed by atoms with Crippen LogP contribution in [0, 0.1) is 11.8 Å². The van der Waals surface area contributed by atoms with Gasteiger partial charge in [-0.1, -0.05) is 61.9 Å². The van der Waals surface area contributed by atoms with E-state index in [1.54, 1.807) is 0 Å². The van der Waals surface area contributed by atoms with Crippen molar-refractivity contribution >= 4 is 11.6 Å². The van der Waals surface area contributed by atoms with Gasteiger partial charge in [-0.25, -0.2) is 0 Å². The van der Waals surface area contributed by atoms with Crippen molar-refractivity contribution < 1.29 is 4.79 Å². The molecule has 0 radical (unpaired) electrons. The molecule has 0 unspecified atom stereocenters. The molecule has 2 aromatic carbocycles. The van der Waals surface area contributed by atoms with E-state index in [-0.39, 0.29) is 5.91 Å². The summed E-state index contributed by atoms with van der Waals surface area (Å²) in [5.41, 5.74) is 2.19. The molecule has 2 rings (SSSR count). The normalized spacial score (nSPS) is 9.68. The molecule has 1 N–H and O–H groups in total. The number of unbranched alkanes of at least 4 members (excludes halogenated alkanes) is 3. The number of rotatable bonds is 5. The minimum Gasteiger partial charge on any atom is -0.322 e.